The second-order valence-electron chi connectivity index (χ2n) is 6.21. The van der Waals surface area contributed by atoms with Gasteiger partial charge in [0.25, 0.3) is 0 Å². The number of amides is 2. The standard InChI is InChI=1S/C20H22N2O7/c23-11-17(19(26)27)21-18(25)16(10-13-6-8-15(24)9-7-13)22-20(28)29-12-14-4-2-1-3-5-14/h1-9,16-17,23-24H,10-12H2,(H,21,25)(H,22,28)(H,26,27). The molecule has 0 bridgehead atoms. The quantitative estimate of drug-likeness (QED) is 0.417. The van der Waals surface area contributed by atoms with Crippen LogP contribution in [0.25, 0.3) is 0 Å². The molecule has 2 amide bonds. The molecule has 0 fully saturated rings. The van der Waals surface area contributed by atoms with Crippen molar-refractivity contribution >= 4 is 18.0 Å². The van der Waals surface area contributed by atoms with E-state index in [0.717, 1.165) is 5.56 Å². The van der Waals surface area contributed by atoms with Crippen molar-refractivity contribution in [1.82, 2.24) is 10.6 Å². The van der Waals surface area contributed by atoms with E-state index in [1.807, 2.05) is 6.07 Å². The lowest BCUT2D eigenvalue weighted by Gasteiger charge is -2.20. The molecule has 0 saturated heterocycles. The maximum atomic E-state index is 12.5. The number of carbonyl (C=O) groups is 3. The fourth-order valence-corrected chi connectivity index (χ4v) is 2.44. The van der Waals surface area contributed by atoms with E-state index >= 15 is 0 Å². The molecule has 9 heteroatoms. The van der Waals surface area contributed by atoms with E-state index in [2.05, 4.69) is 10.6 Å². The molecule has 0 saturated carbocycles. The van der Waals surface area contributed by atoms with E-state index in [1.54, 1.807) is 36.4 Å². The van der Waals surface area contributed by atoms with E-state index in [9.17, 15) is 19.5 Å². The third kappa shape index (κ3) is 7.15. The number of carbonyl (C=O) groups excluding carboxylic acids is 2. The largest absolute Gasteiger partial charge is 0.508 e. The van der Waals surface area contributed by atoms with E-state index < -0.39 is 36.7 Å². The Morgan fingerprint density at radius 3 is 2.14 bits per heavy atom. The predicted molar refractivity (Wildman–Crippen MR) is 102 cm³/mol. The first-order valence-electron chi connectivity index (χ1n) is 8.78. The van der Waals surface area contributed by atoms with Crippen molar-refractivity contribution in [2.24, 2.45) is 0 Å². The van der Waals surface area contributed by atoms with Crippen LogP contribution < -0.4 is 10.6 Å². The normalized spacial score (nSPS) is 12.4. The predicted octanol–water partition coefficient (Wildman–Crippen LogP) is 0.791. The number of aliphatic carboxylic acids is 1. The topological polar surface area (TPSA) is 145 Å². The van der Waals surface area contributed by atoms with Gasteiger partial charge in [0.1, 0.15) is 24.4 Å². The number of nitrogens with one attached hydrogen (secondary N) is 2. The number of hydrogen-bond acceptors (Lipinski definition) is 6. The molecule has 2 atom stereocenters. The number of phenolic OH excluding ortho intramolecular Hbond substituents is 1. The molecular weight excluding hydrogens is 380 g/mol. The average Bonchev–Trinajstić information content (AvgIpc) is 2.72. The van der Waals surface area contributed by atoms with Gasteiger partial charge in [0.2, 0.25) is 5.91 Å². The average molecular weight is 402 g/mol. The van der Waals surface area contributed by atoms with Gasteiger partial charge in [0.15, 0.2) is 0 Å². The van der Waals surface area contributed by atoms with E-state index in [1.165, 1.54) is 12.1 Å². The van der Waals surface area contributed by atoms with Gasteiger partial charge in [-0.15, -0.1) is 0 Å². The van der Waals surface area contributed by atoms with Crippen LogP contribution in [0.5, 0.6) is 5.75 Å². The van der Waals surface area contributed by atoms with Gasteiger partial charge in [0, 0.05) is 6.42 Å². The summed E-state index contributed by atoms with van der Waals surface area (Å²) in [6.07, 6.45) is -0.840. The van der Waals surface area contributed by atoms with Crippen molar-refractivity contribution in [2.45, 2.75) is 25.1 Å². The van der Waals surface area contributed by atoms with Gasteiger partial charge in [-0.05, 0) is 23.3 Å². The van der Waals surface area contributed by atoms with Crippen molar-refractivity contribution < 1.29 is 34.4 Å². The molecule has 0 aromatic heterocycles. The summed E-state index contributed by atoms with van der Waals surface area (Å²) >= 11 is 0. The second-order valence-corrected chi connectivity index (χ2v) is 6.21. The number of phenols is 1. The number of aliphatic hydroxyl groups excluding tert-OH is 1. The van der Waals surface area contributed by atoms with Gasteiger partial charge in [0.05, 0.1) is 6.61 Å². The van der Waals surface area contributed by atoms with Gasteiger partial charge in [-0.3, -0.25) is 4.79 Å². The molecule has 0 aliphatic carbocycles. The van der Waals surface area contributed by atoms with Crippen LogP contribution in [0, 0.1) is 0 Å². The maximum absolute atomic E-state index is 12.5. The van der Waals surface area contributed by atoms with Gasteiger partial charge in [-0.2, -0.15) is 0 Å². The van der Waals surface area contributed by atoms with Crippen LogP contribution in [0.3, 0.4) is 0 Å². The molecule has 0 aliphatic rings. The Bertz CT molecular complexity index is 824. The molecule has 29 heavy (non-hydrogen) atoms. The van der Waals surface area contributed by atoms with Crippen molar-refractivity contribution in [3.63, 3.8) is 0 Å². The molecule has 0 aliphatic heterocycles. The lowest BCUT2D eigenvalue weighted by atomic mass is 10.0. The van der Waals surface area contributed by atoms with Crippen molar-refractivity contribution in [2.75, 3.05) is 6.61 Å². The number of hydrogen-bond donors (Lipinski definition) is 5. The minimum atomic E-state index is -1.51. The van der Waals surface area contributed by atoms with Gasteiger partial charge < -0.3 is 30.7 Å². The van der Waals surface area contributed by atoms with Crippen LogP contribution in [0.1, 0.15) is 11.1 Å². The third-order valence-electron chi connectivity index (χ3n) is 3.99. The Morgan fingerprint density at radius 1 is 0.897 bits per heavy atom. The first kappa shape index (κ1) is 21.7. The fraction of sp³-hybridized carbons (Fsp3) is 0.250. The first-order chi connectivity index (χ1) is 13.9. The van der Waals surface area contributed by atoms with Crippen molar-refractivity contribution in [3.8, 4) is 5.75 Å². The Kier molecular flexibility index (Phi) is 7.99. The summed E-state index contributed by atoms with van der Waals surface area (Å²) in [7, 11) is 0. The summed E-state index contributed by atoms with van der Waals surface area (Å²) in [6.45, 7) is -0.805. The smallest absolute Gasteiger partial charge is 0.408 e. The molecule has 2 rings (SSSR count). The fourth-order valence-electron chi connectivity index (χ4n) is 2.44. The van der Waals surface area contributed by atoms with Gasteiger partial charge in [-0.1, -0.05) is 42.5 Å². The number of aliphatic hydroxyl groups is 1. The van der Waals surface area contributed by atoms with Gasteiger partial charge in [-0.25, -0.2) is 9.59 Å². The zero-order valence-electron chi connectivity index (χ0n) is 15.4. The number of alkyl carbamates (subject to hydrolysis) is 1. The summed E-state index contributed by atoms with van der Waals surface area (Å²) in [5.41, 5.74) is 1.37. The van der Waals surface area contributed by atoms with Crippen LogP contribution in [-0.2, 0) is 27.4 Å². The summed E-state index contributed by atoms with van der Waals surface area (Å²) in [5.74, 6) is -2.16. The number of carboxylic acid groups (broad SMARTS) is 1. The molecule has 154 valence electrons. The van der Waals surface area contributed by atoms with Gasteiger partial charge >= 0.3 is 12.1 Å². The Morgan fingerprint density at radius 2 is 1.55 bits per heavy atom. The second kappa shape index (κ2) is 10.7. The molecule has 0 radical (unpaired) electrons. The highest BCUT2D eigenvalue weighted by Gasteiger charge is 2.27. The maximum Gasteiger partial charge on any atom is 0.408 e. The monoisotopic (exact) mass is 402 g/mol. The lowest BCUT2D eigenvalue weighted by molar-refractivity contribution is -0.143. The first-order valence-corrected chi connectivity index (χ1v) is 8.78. The SMILES string of the molecule is O=C(NC(Cc1ccc(O)cc1)C(=O)NC(CO)C(=O)O)OCc1ccccc1. The van der Waals surface area contributed by atoms with Crippen LogP contribution in [-0.4, -0.2) is 52.0 Å². The molecule has 5 N–H and O–H groups in total. The molecule has 9 nitrogen and oxygen atoms in total. The summed E-state index contributed by atoms with van der Waals surface area (Å²) < 4.78 is 5.11. The number of rotatable bonds is 9. The zero-order chi connectivity index (χ0) is 21.2. The van der Waals surface area contributed by atoms with Crippen LogP contribution in [0.4, 0.5) is 4.79 Å². The highest BCUT2D eigenvalue weighted by Crippen LogP contribution is 2.12. The highest BCUT2D eigenvalue weighted by molar-refractivity contribution is 5.89. The Labute approximate surface area is 166 Å². The summed E-state index contributed by atoms with van der Waals surface area (Å²) in [5, 5.41) is 32.1. The van der Waals surface area contributed by atoms with E-state index in [0.29, 0.717) is 5.56 Å². The Balaban J connectivity index is 2.05. The minimum Gasteiger partial charge on any atom is -0.508 e. The summed E-state index contributed by atoms with van der Waals surface area (Å²) in [6, 6.07) is 12.2. The zero-order valence-corrected chi connectivity index (χ0v) is 15.4. The highest BCUT2D eigenvalue weighted by atomic mass is 16.5. The lowest BCUT2D eigenvalue weighted by Crippen LogP contribution is -2.53. The van der Waals surface area contributed by atoms with Crippen molar-refractivity contribution in [3.05, 3.63) is 65.7 Å². The van der Waals surface area contributed by atoms with Crippen molar-refractivity contribution in [1.29, 1.82) is 0 Å². The van der Waals surface area contributed by atoms with Crippen LogP contribution in [0.2, 0.25) is 0 Å². The van der Waals surface area contributed by atoms with E-state index in [4.69, 9.17) is 14.9 Å². The third-order valence-corrected chi connectivity index (χ3v) is 3.99. The Hall–Kier alpha value is -3.59. The molecular formula is C20H22N2O7. The number of benzene rings is 2. The molecule has 2 aromatic rings. The molecule has 2 aromatic carbocycles. The number of ether oxygens (including phenoxy) is 1. The molecule has 0 heterocycles. The minimum absolute atomic E-state index is 0.00534. The molecule has 0 spiro atoms. The van der Waals surface area contributed by atoms with Crippen LogP contribution >= 0.6 is 0 Å². The molecule has 2 unspecified atom stereocenters. The van der Waals surface area contributed by atoms with E-state index in [-0.39, 0.29) is 18.8 Å². The van der Waals surface area contributed by atoms with Crippen LogP contribution in [0.15, 0.2) is 54.6 Å². The summed E-state index contributed by atoms with van der Waals surface area (Å²) in [4.78, 5) is 35.7. The number of aromatic hydroxyl groups is 1. The number of carboxylic acids is 1.